The van der Waals surface area contributed by atoms with Gasteiger partial charge in [0.1, 0.15) is 11.5 Å². The number of phenols is 1. The molecule has 0 atom stereocenters. The normalized spacial score (nSPS) is 12.1. The van der Waals surface area contributed by atoms with Crippen molar-refractivity contribution in [3.8, 4) is 11.5 Å². The van der Waals surface area contributed by atoms with Crippen LogP contribution in [0.25, 0.3) is 0 Å². The van der Waals surface area contributed by atoms with Gasteiger partial charge in [0, 0.05) is 11.1 Å². The first-order chi connectivity index (χ1) is 9.46. The van der Waals surface area contributed by atoms with E-state index >= 15 is 0 Å². The maximum absolute atomic E-state index is 11.2. The topological polar surface area (TPSA) is 84.6 Å². The summed E-state index contributed by atoms with van der Waals surface area (Å²) >= 11 is 0. The van der Waals surface area contributed by atoms with Gasteiger partial charge in [-0.1, -0.05) is 41.5 Å². The van der Waals surface area contributed by atoms with E-state index in [1.165, 1.54) is 0 Å². The van der Waals surface area contributed by atoms with Crippen molar-refractivity contribution in [2.24, 2.45) is 5.84 Å². The van der Waals surface area contributed by atoms with Crippen LogP contribution in [0, 0.1) is 0 Å². The highest BCUT2D eigenvalue weighted by Crippen LogP contribution is 2.41. The lowest BCUT2D eigenvalue weighted by Crippen LogP contribution is -2.34. The molecule has 0 bridgehead atoms. The number of nitrogens with one attached hydrogen (secondary N) is 1. The Morgan fingerprint density at radius 3 is 1.90 bits per heavy atom. The third kappa shape index (κ3) is 4.36. The van der Waals surface area contributed by atoms with E-state index in [0.29, 0.717) is 5.75 Å². The van der Waals surface area contributed by atoms with E-state index in [-0.39, 0.29) is 23.2 Å². The Morgan fingerprint density at radius 1 is 1.14 bits per heavy atom. The predicted octanol–water partition coefficient (Wildman–Crippen LogP) is 2.36. The summed E-state index contributed by atoms with van der Waals surface area (Å²) < 4.78 is 5.48. The molecule has 0 aliphatic rings. The van der Waals surface area contributed by atoms with E-state index in [1.54, 1.807) is 12.1 Å². The number of hydrazine groups is 1. The smallest absolute Gasteiger partial charge is 0.271 e. The van der Waals surface area contributed by atoms with Crippen LogP contribution in [-0.2, 0) is 15.6 Å². The molecule has 5 heteroatoms. The fraction of sp³-hybridized carbons (Fsp3) is 0.562. The molecule has 0 saturated heterocycles. The first-order valence-electron chi connectivity index (χ1n) is 6.97. The Bertz CT molecular complexity index is 490. The van der Waals surface area contributed by atoms with Crippen LogP contribution < -0.4 is 16.0 Å². The molecule has 0 fully saturated rings. The molecule has 1 aromatic carbocycles. The molecule has 0 aliphatic carbocycles. The van der Waals surface area contributed by atoms with E-state index in [4.69, 9.17) is 10.6 Å². The second-order valence-corrected chi connectivity index (χ2v) is 7.22. The van der Waals surface area contributed by atoms with Crippen molar-refractivity contribution in [3.05, 3.63) is 23.3 Å². The average molecular weight is 294 g/mol. The summed E-state index contributed by atoms with van der Waals surface area (Å²) in [4.78, 5) is 11.2. The Balaban J connectivity index is 3.31. The zero-order valence-electron chi connectivity index (χ0n) is 13.7. The summed E-state index contributed by atoms with van der Waals surface area (Å²) in [6.45, 7) is 12.0. The van der Waals surface area contributed by atoms with Crippen LogP contribution in [-0.4, -0.2) is 17.6 Å². The zero-order valence-corrected chi connectivity index (χ0v) is 13.7. The SMILES string of the molecule is CC(C)(C)c1cc(OCC(=O)NN)cc(C(C)(C)C)c1O. The second kappa shape index (κ2) is 5.93. The molecule has 5 nitrogen and oxygen atoms in total. The van der Waals surface area contributed by atoms with Crippen LogP contribution in [0.5, 0.6) is 11.5 Å². The quantitative estimate of drug-likeness (QED) is 0.454. The third-order valence-corrected chi connectivity index (χ3v) is 3.23. The summed E-state index contributed by atoms with van der Waals surface area (Å²) in [5.41, 5.74) is 3.13. The Hall–Kier alpha value is -1.75. The van der Waals surface area contributed by atoms with Gasteiger partial charge in [0.15, 0.2) is 6.61 Å². The lowest BCUT2D eigenvalue weighted by atomic mass is 9.79. The van der Waals surface area contributed by atoms with Gasteiger partial charge in [-0.15, -0.1) is 0 Å². The van der Waals surface area contributed by atoms with E-state index < -0.39 is 5.91 Å². The molecule has 0 heterocycles. The Labute approximate surface area is 126 Å². The fourth-order valence-electron chi connectivity index (χ4n) is 2.03. The minimum absolute atomic E-state index is 0.158. The van der Waals surface area contributed by atoms with Crippen molar-refractivity contribution in [1.82, 2.24) is 5.43 Å². The second-order valence-electron chi connectivity index (χ2n) is 7.22. The number of aromatic hydroxyl groups is 1. The van der Waals surface area contributed by atoms with Crippen LogP contribution in [0.4, 0.5) is 0 Å². The molecule has 118 valence electrons. The highest BCUT2D eigenvalue weighted by Gasteiger charge is 2.27. The van der Waals surface area contributed by atoms with Crippen molar-refractivity contribution in [2.45, 2.75) is 52.4 Å². The number of hydrogen-bond acceptors (Lipinski definition) is 4. The highest BCUT2D eigenvalue weighted by molar-refractivity contribution is 5.76. The van der Waals surface area contributed by atoms with Crippen molar-refractivity contribution < 1.29 is 14.6 Å². The number of phenolic OH excluding ortho intramolecular Hbond substituents is 1. The van der Waals surface area contributed by atoms with Crippen molar-refractivity contribution in [3.63, 3.8) is 0 Å². The molecule has 4 N–H and O–H groups in total. The lowest BCUT2D eigenvalue weighted by molar-refractivity contribution is -0.123. The van der Waals surface area contributed by atoms with Gasteiger partial charge in [-0.2, -0.15) is 0 Å². The number of benzene rings is 1. The summed E-state index contributed by atoms with van der Waals surface area (Å²) in [6, 6.07) is 3.54. The monoisotopic (exact) mass is 294 g/mol. The number of carbonyl (C=O) groups excluding carboxylic acids is 1. The lowest BCUT2D eigenvalue weighted by Gasteiger charge is -2.28. The summed E-state index contributed by atoms with van der Waals surface area (Å²) in [5.74, 6) is 5.46. The molecule has 21 heavy (non-hydrogen) atoms. The summed E-state index contributed by atoms with van der Waals surface area (Å²) in [7, 11) is 0. The van der Waals surface area contributed by atoms with Crippen LogP contribution in [0.15, 0.2) is 12.1 Å². The predicted molar refractivity (Wildman–Crippen MR) is 83.3 cm³/mol. The van der Waals surface area contributed by atoms with Gasteiger partial charge in [0.05, 0.1) is 0 Å². The largest absolute Gasteiger partial charge is 0.507 e. The van der Waals surface area contributed by atoms with E-state index in [0.717, 1.165) is 11.1 Å². The number of carbonyl (C=O) groups is 1. The molecule has 0 aromatic heterocycles. The van der Waals surface area contributed by atoms with Crippen molar-refractivity contribution in [2.75, 3.05) is 6.61 Å². The van der Waals surface area contributed by atoms with Crippen LogP contribution in [0.2, 0.25) is 0 Å². The summed E-state index contributed by atoms with van der Waals surface area (Å²) in [6.07, 6.45) is 0. The van der Waals surface area contributed by atoms with E-state index in [9.17, 15) is 9.90 Å². The van der Waals surface area contributed by atoms with Gasteiger partial charge in [-0.25, -0.2) is 5.84 Å². The number of rotatable bonds is 3. The van der Waals surface area contributed by atoms with Gasteiger partial charge in [-0.3, -0.25) is 10.2 Å². The number of nitrogens with two attached hydrogens (primary N) is 1. The fourth-order valence-corrected chi connectivity index (χ4v) is 2.03. The van der Waals surface area contributed by atoms with Gasteiger partial charge in [0.25, 0.3) is 5.91 Å². The molecule has 0 aliphatic heterocycles. The maximum atomic E-state index is 11.2. The Kier molecular flexibility index (Phi) is 4.89. The first-order valence-corrected chi connectivity index (χ1v) is 6.97. The molecule has 0 unspecified atom stereocenters. The van der Waals surface area contributed by atoms with E-state index in [1.807, 2.05) is 47.0 Å². The molecule has 1 rings (SSSR count). The minimum Gasteiger partial charge on any atom is -0.507 e. The van der Waals surface area contributed by atoms with Crippen LogP contribution in [0.3, 0.4) is 0 Å². The van der Waals surface area contributed by atoms with Gasteiger partial charge in [0.2, 0.25) is 0 Å². The average Bonchev–Trinajstić information content (AvgIpc) is 2.34. The van der Waals surface area contributed by atoms with Crippen LogP contribution >= 0.6 is 0 Å². The molecule has 1 amide bonds. The number of hydrogen-bond donors (Lipinski definition) is 3. The molecule has 0 saturated carbocycles. The zero-order chi connectivity index (χ0) is 16.4. The molecular formula is C16H26N2O3. The summed E-state index contributed by atoms with van der Waals surface area (Å²) in [5, 5.41) is 10.6. The minimum atomic E-state index is -0.405. The number of amides is 1. The highest BCUT2D eigenvalue weighted by atomic mass is 16.5. The van der Waals surface area contributed by atoms with Crippen molar-refractivity contribution in [1.29, 1.82) is 0 Å². The number of ether oxygens (including phenoxy) is 1. The standard InChI is InChI=1S/C16H26N2O3/c1-15(2,3)11-7-10(21-9-13(19)18-17)8-12(14(11)20)16(4,5)6/h7-8,20H,9,17H2,1-6H3,(H,18,19). The molecular weight excluding hydrogens is 268 g/mol. The Morgan fingerprint density at radius 2 is 1.57 bits per heavy atom. The third-order valence-electron chi connectivity index (χ3n) is 3.23. The molecule has 1 aromatic rings. The molecule has 0 spiro atoms. The van der Waals surface area contributed by atoms with Gasteiger partial charge >= 0.3 is 0 Å². The van der Waals surface area contributed by atoms with Gasteiger partial charge in [-0.05, 0) is 23.0 Å². The van der Waals surface area contributed by atoms with Crippen LogP contribution in [0.1, 0.15) is 52.7 Å². The van der Waals surface area contributed by atoms with E-state index in [2.05, 4.69) is 0 Å². The first kappa shape index (κ1) is 17.3. The van der Waals surface area contributed by atoms with Gasteiger partial charge < -0.3 is 9.84 Å². The molecule has 0 radical (unpaired) electrons. The van der Waals surface area contributed by atoms with Crippen molar-refractivity contribution >= 4 is 5.91 Å². The maximum Gasteiger partial charge on any atom is 0.271 e.